The Labute approximate surface area is 200 Å². The van der Waals surface area contributed by atoms with Gasteiger partial charge in [0.15, 0.2) is 0 Å². The second-order valence-electron chi connectivity index (χ2n) is 8.02. The number of benzene rings is 1. The lowest BCUT2D eigenvalue weighted by atomic mass is 10.1. The van der Waals surface area contributed by atoms with Crippen LogP contribution in [0.4, 0.5) is 13.2 Å². The quantitative estimate of drug-likeness (QED) is 0.348. The number of nitrogens with one attached hydrogen (secondary N) is 2. The molecule has 0 fully saturated rings. The number of nitrogens with zero attached hydrogens (tertiary/aromatic N) is 4. The first-order valence-corrected chi connectivity index (χ1v) is 11.2. The average molecular weight is 493 g/mol. The smallest absolute Gasteiger partial charge is 0.453 e. The maximum Gasteiger partial charge on any atom is 0.453 e. The highest BCUT2D eigenvalue weighted by Crippen LogP contribution is 2.27. The van der Waals surface area contributed by atoms with Crippen LogP contribution in [0.5, 0.6) is 5.75 Å². The van der Waals surface area contributed by atoms with Gasteiger partial charge < -0.3 is 4.74 Å². The molecule has 0 spiro atoms. The van der Waals surface area contributed by atoms with Crippen LogP contribution >= 0.6 is 0 Å². The number of carbonyl (C=O) groups excluding carboxylic acids is 2. The van der Waals surface area contributed by atoms with Gasteiger partial charge in [-0.2, -0.15) is 18.2 Å². The van der Waals surface area contributed by atoms with Crippen LogP contribution in [0.2, 0.25) is 0 Å². The monoisotopic (exact) mass is 492 g/mol. The molecular weight excluding hydrogens is 465 g/mol. The van der Waals surface area contributed by atoms with Crippen molar-refractivity contribution in [1.29, 1.82) is 0 Å². The van der Waals surface area contributed by atoms with E-state index in [1.807, 2.05) is 0 Å². The molecule has 0 aliphatic heterocycles. The van der Waals surface area contributed by atoms with Crippen LogP contribution in [-0.2, 0) is 17.4 Å². The minimum Gasteiger partial charge on any atom is -0.494 e. The Morgan fingerprint density at radius 1 is 1.03 bits per heavy atom. The van der Waals surface area contributed by atoms with E-state index in [1.54, 1.807) is 31.2 Å². The molecule has 1 aromatic carbocycles. The molecule has 0 unspecified atom stereocenters. The Morgan fingerprint density at radius 2 is 1.74 bits per heavy atom. The lowest BCUT2D eigenvalue weighted by molar-refractivity contribution is -0.144. The van der Waals surface area contributed by atoms with Crippen LogP contribution in [0, 0.1) is 13.8 Å². The van der Waals surface area contributed by atoms with Crippen molar-refractivity contribution in [2.24, 2.45) is 0 Å². The fourth-order valence-corrected chi connectivity index (χ4v) is 3.41. The molecule has 12 heteroatoms. The molecule has 0 aliphatic carbocycles. The van der Waals surface area contributed by atoms with E-state index in [4.69, 9.17) is 4.74 Å². The Hall–Kier alpha value is -3.70. The lowest BCUT2D eigenvalue weighted by Gasteiger charge is -2.12. The van der Waals surface area contributed by atoms with Gasteiger partial charge in [0.1, 0.15) is 5.75 Å². The molecule has 2 heterocycles. The highest BCUT2D eigenvalue weighted by Gasteiger charge is 2.37. The van der Waals surface area contributed by atoms with Gasteiger partial charge in [0.05, 0.1) is 13.0 Å². The van der Waals surface area contributed by atoms with E-state index in [2.05, 4.69) is 32.8 Å². The number of aromatic nitrogens is 4. The number of carbonyl (C=O) groups is 2. The molecule has 2 aromatic heterocycles. The summed E-state index contributed by atoms with van der Waals surface area (Å²) >= 11 is 0. The number of aryl methyl sites for hydroxylation is 2. The minimum atomic E-state index is -4.71. The summed E-state index contributed by atoms with van der Waals surface area (Å²) in [6.45, 7) is 5.82. The summed E-state index contributed by atoms with van der Waals surface area (Å²) in [6.07, 6.45) is -0.563. The van der Waals surface area contributed by atoms with Crippen LogP contribution in [0.3, 0.4) is 0 Å². The van der Waals surface area contributed by atoms with E-state index >= 15 is 0 Å². The van der Waals surface area contributed by atoms with Gasteiger partial charge in [-0.1, -0.05) is 26.2 Å². The topological polar surface area (TPSA) is 111 Å². The van der Waals surface area contributed by atoms with Gasteiger partial charge >= 0.3 is 6.18 Å². The molecule has 0 bridgehead atoms. The number of hydrazine groups is 1. The van der Waals surface area contributed by atoms with Crippen molar-refractivity contribution in [3.8, 4) is 5.75 Å². The largest absolute Gasteiger partial charge is 0.494 e. The standard InChI is InChI=1S/C23H27F3N6O3/c1-4-5-6-7-12-35-17-10-8-16(9-11-17)20(34)30-29-19(33)13-18-14(2)27-22-28-21(23(24,25)26)31-32(22)15(18)3/h8-11H,4-7,12-13H2,1-3H3,(H,29,33)(H,30,34). The number of ether oxygens (including phenoxy) is 1. The summed E-state index contributed by atoms with van der Waals surface area (Å²) in [7, 11) is 0. The van der Waals surface area contributed by atoms with E-state index < -0.39 is 23.8 Å². The molecule has 0 radical (unpaired) electrons. The van der Waals surface area contributed by atoms with Crippen molar-refractivity contribution in [1.82, 2.24) is 30.4 Å². The predicted octanol–water partition coefficient (Wildman–Crippen LogP) is 3.72. The molecule has 188 valence electrons. The van der Waals surface area contributed by atoms with Gasteiger partial charge in [0.2, 0.25) is 5.91 Å². The van der Waals surface area contributed by atoms with Crippen LogP contribution in [0.1, 0.15) is 65.7 Å². The summed E-state index contributed by atoms with van der Waals surface area (Å²) < 4.78 is 45.4. The summed E-state index contributed by atoms with van der Waals surface area (Å²) in [5, 5.41) is 3.45. The number of hydrogen-bond donors (Lipinski definition) is 2. The van der Waals surface area contributed by atoms with Crippen molar-refractivity contribution >= 4 is 17.6 Å². The third-order valence-corrected chi connectivity index (χ3v) is 5.34. The Balaban J connectivity index is 1.56. The Kier molecular flexibility index (Phi) is 8.26. The minimum absolute atomic E-state index is 0.210. The third-order valence-electron chi connectivity index (χ3n) is 5.34. The van der Waals surface area contributed by atoms with Gasteiger partial charge in [-0.3, -0.25) is 20.4 Å². The average Bonchev–Trinajstić information content (AvgIpc) is 3.25. The molecule has 3 rings (SSSR count). The number of amides is 2. The fraction of sp³-hybridized carbons (Fsp3) is 0.435. The second kappa shape index (κ2) is 11.2. The summed E-state index contributed by atoms with van der Waals surface area (Å²) in [5.41, 5.74) is 5.96. The second-order valence-corrected chi connectivity index (χ2v) is 8.02. The van der Waals surface area contributed by atoms with Crippen molar-refractivity contribution in [3.05, 3.63) is 52.6 Å². The van der Waals surface area contributed by atoms with Crippen LogP contribution < -0.4 is 15.6 Å². The highest BCUT2D eigenvalue weighted by atomic mass is 19.4. The van der Waals surface area contributed by atoms with Gasteiger partial charge in [0.25, 0.3) is 17.5 Å². The van der Waals surface area contributed by atoms with Crippen LogP contribution in [-0.4, -0.2) is 38.0 Å². The molecule has 35 heavy (non-hydrogen) atoms. The molecule has 2 amide bonds. The predicted molar refractivity (Wildman–Crippen MR) is 121 cm³/mol. The van der Waals surface area contributed by atoms with E-state index in [9.17, 15) is 22.8 Å². The van der Waals surface area contributed by atoms with Gasteiger partial charge in [-0.15, -0.1) is 5.10 Å². The summed E-state index contributed by atoms with van der Waals surface area (Å²) in [6, 6.07) is 6.52. The van der Waals surface area contributed by atoms with Crippen molar-refractivity contribution in [2.75, 3.05) is 6.61 Å². The van der Waals surface area contributed by atoms with Gasteiger partial charge in [-0.05, 0) is 44.5 Å². The number of alkyl halides is 3. The van der Waals surface area contributed by atoms with E-state index in [-0.39, 0.29) is 12.2 Å². The molecule has 0 saturated carbocycles. The first-order chi connectivity index (χ1) is 16.6. The fourth-order valence-electron chi connectivity index (χ4n) is 3.41. The van der Waals surface area contributed by atoms with E-state index in [0.717, 1.165) is 30.2 Å². The molecule has 2 N–H and O–H groups in total. The number of unbranched alkanes of at least 4 members (excludes halogenated alkanes) is 3. The van der Waals surface area contributed by atoms with Crippen LogP contribution in [0.25, 0.3) is 5.78 Å². The zero-order chi connectivity index (χ0) is 25.6. The van der Waals surface area contributed by atoms with Gasteiger partial charge in [0, 0.05) is 22.5 Å². The number of rotatable bonds is 9. The normalized spacial score (nSPS) is 11.5. The summed E-state index contributed by atoms with van der Waals surface area (Å²) in [5.74, 6) is -1.97. The Bertz CT molecular complexity index is 1190. The molecular formula is C23H27F3N6O3. The molecule has 0 saturated heterocycles. The maximum atomic E-state index is 12.9. The van der Waals surface area contributed by atoms with Crippen LogP contribution in [0.15, 0.2) is 24.3 Å². The highest BCUT2D eigenvalue weighted by molar-refractivity contribution is 5.95. The molecule has 0 atom stereocenters. The maximum absolute atomic E-state index is 12.9. The van der Waals surface area contributed by atoms with E-state index in [1.165, 1.54) is 6.92 Å². The summed E-state index contributed by atoms with van der Waals surface area (Å²) in [4.78, 5) is 32.2. The lowest BCUT2D eigenvalue weighted by Crippen LogP contribution is -2.42. The number of halogens is 3. The first kappa shape index (κ1) is 25.9. The number of fused-ring (bicyclic) bond motifs is 1. The zero-order valence-corrected chi connectivity index (χ0v) is 19.7. The van der Waals surface area contributed by atoms with Gasteiger partial charge in [-0.25, -0.2) is 9.50 Å². The van der Waals surface area contributed by atoms with Crippen molar-refractivity contribution in [2.45, 2.75) is 59.1 Å². The Morgan fingerprint density at radius 3 is 2.40 bits per heavy atom. The SMILES string of the molecule is CCCCCCOc1ccc(C(=O)NNC(=O)Cc2c(C)nc3nc(C(F)(F)F)nn3c2C)cc1. The number of hydrogen-bond acceptors (Lipinski definition) is 6. The third kappa shape index (κ3) is 6.67. The van der Waals surface area contributed by atoms with E-state index in [0.29, 0.717) is 34.9 Å². The van der Waals surface area contributed by atoms with Crippen molar-refractivity contribution in [3.63, 3.8) is 0 Å². The molecule has 0 aliphatic rings. The van der Waals surface area contributed by atoms with Crippen molar-refractivity contribution < 1.29 is 27.5 Å². The first-order valence-electron chi connectivity index (χ1n) is 11.2. The molecule has 3 aromatic rings. The molecule has 9 nitrogen and oxygen atoms in total. The zero-order valence-electron chi connectivity index (χ0n) is 19.7.